The molecular formula is C31H42ClN9O8. The zero-order valence-electron chi connectivity index (χ0n) is 27.6. The molecule has 0 unspecified atom stereocenters. The predicted octanol–water partition coefficient (Wildman–Crippen LogP) is -0.537. The molecular weight excluding hydrogens is 662 g/mol. The van der Waals surface area contributed by atoms with Crippen molar-refractivity contribution >= 4 is 47.2 Å². The van der Waals surface area contributed by atoms with Gasteiger partial charge in [0, 0.05) is 50.8 Å². The first kappa shape index (κ1) is 37.1. The van der Waals surface area contributed by atoms with E-state index in [9.17, 15) is 33.9 Å². The van der Waals surface area contributed by atoms with Crippen molar-refractivity contribution in [2.45, 2.75) is 64.8 Å². The maximum absolute atomic E-state index is 13.4. The smallest absolute Gasteiger partial charge is 0.325 e. The SMILES string of the molecule is CC(C)C[C@H]1NC(=O)[C@H]([C@@H](C)O)NC(=O)c2ccc(c(Cl)c2)OCCCn2cc(nn2)CCN(C(=O)CN2C(=O)CNC2=O)CCNC1=O. The molecule has 5 N–H and O–H groups in total. The highest BCUT2D eigenvalue weighted by Crippen LogP contribution is 2.26. The highest BCUT2D eigenvalue weighted by atomic mass is 35.5. The number of carbonyl (C=O) groups excluding carboxylic acids is 6. The quantitative estimate of drug-likeness (QED) is 0.198. The second-order valence-corrected chi connectivity index (χ2v) is 12.7. The molecule has 0 aliphatic carbocycles. The van der Waals surface area contributed by atoms with E-state index >= 15 is 0 Å². The standard InChI is InChI=1S/C31H42ClN9O8/c1-18(2)13-23-29(46)33-8-11-39(26(44)17-41-25(43)15-34-31(41)48)10-7-21-16-40(38-37-21)9-4-12-49-24-6-5-20(14-22(24)32)28(45)36-27(19(3)42)30(47)35-23/h5-6,14,16,18-19,23,27,42H,4,7-13,15,17H2,1-3H3,(H,33,46)(H,34,48)(H,35,47)(H,36,45)/t19-,23-,27+/m1/s1. The molecule has 49 heavy (non-hydrogen) atoms. The van der Waals surface area contributed by atoms with Gasteiger partial charge in [-0.3, -0.25) is 33.6 Å². The number of amides is 7. The molecule has 1 saturated heterocycles. The summed E-state index contributed by atoms with van der Waals surface area (Å²) >= 11 is 6.38. The van der Waals surface area contributed by atoms with Crippen LogP contribution in [0.5, 0.6) is 5.75 Å². The molecule has 17 nitrogen and oxygen atoms in total. The summed E-state index contributed by atoms with van der Waals surface area (Å²) in [5.41, 5.74) is 0.724. The number of halogens is 1. The van der Waals surface area contributed by atoms with Crippen LogP contribution in [0.25, 0.3) is 0 Å². The van der Waals surface area contributed by atoms with Crippen molar-refractivity contribution in [3.05, 3.63) is 40.7 Å². The molecule has 4 heterocycles. The summed E-state index contributed by atoms with van der Waals surface area (Å²) in [6, 6.07) is 1.31. The fraction of sp³-hybridized carbons (Fsp3) is 0.548. The number of fused-ring (bicyclic) bond motifs is 17. The van der Waals surface area contributed by atoms with E-state index in [2.05, 4.69) is 31.6 Å². The van der Waals surface area contributed by atoms with Crippen LogP contribution in [0.1, 0.15) is 49.7 Å². The van der Waals surface area contributed by atoms with Gasteiger partial charge in [0.15, 0.2) is 0 Å². The number of rotatable bonds is 5. The van der Waals surface area contributed by atoms with Crippen molar-refractivity contribution in [3.8, 4) is 5.75 Å². The van der Waals surface area contributed by atoms with Crippen molar-refractivity contribution < 1.29 is 38.6 Å². The van der Waals surface area contributed by atoms with Gasteiger partial charge in [0.2, 0.25) is 17.7 Å². The molecule has 0 saturated carbocycles. The van der Waals surface area contributed by atoms with Gasteiger partial charge in [0.1, 0.15) is 24.4 Å². The number of benzene rings is 1. The number of urea groups is 1. The number of nitrogens with zero attached hydrogens (tertiary/aromatic N) is 5. The molecule has 4 bridgehead atoms. The number of nitrogens with one attached hydrogen (secondary N) is 4. The van der Waals surface area contributed by atoms with Gasteiger partial charge in [-0.05, 0) is 37.5 Å². The lowest BCUT2D eigenvalue weighted by Crippen LogP contribution is -2.57. The number of aliphatic hydroxyl groups is 1. The van der Waals surface area contributed by atoms with Gasteiger partial charge in [0.25, 0.3) is 11.8 Å². The van der Waals surface area contributed by atoms with Crippen molar-refractivity contribution in [2.75, 3.05) is 39.3 Å². The highest BCUT2D eigenvalue weighted by molar-refractivity contribution is 6.32. The van der Waals surface area contributed by atoms with Crippen molar-refractivity contribution in [3.63, 3.8) is 0 Å². The minimum atomic E-state index is -1.40. The fourth-order valence-electron chi connectivity index (χ4n) is 5.22. The third kappa shape index (κ3) is 10.4. The molecule has 3 atom stereocenters. The van der Waals surface area contributed by atoms with E-state index in [-0.39, 0.29) is 55.7 Å². The van der Waals surface area contributed by atoms with E-state index in [1.807, 2.05) is 13.8 Å². The van der Waals surface area contributed by atoms with Crippen LogP contribution in [0.15, 0.2) is 24.4 Å². The van der Waals surface area contributed by atoms with Crippen LogP contribution in [-0.2, 0) is 32.1 Å². The molecule has 2 aromatic rings. The number of aliphatic hydroxyl groups excluding tert-OH is 1. The van der Waals surface area contributed by atoms with Crippen LogP contribution >= 0.6 is 11.6 Å². The molecule has 1 aromatic heterocycles. The second kappa shape index (κ2) is 17.1. The Morgan fingerprint density at radius 3 is 2.51 bits per heavy atom. The topological polar surface area (TPSA) is 217 Å². The molecule has 18 heteroatoms. The zero-order valence-corrected chi connectivity index (χ0v) is 28.4. The van der Waals surface area contributed by atoms with Gasteiger partial charge in [-0.1, -0.05) is 30.7 Å². The largest absolute Gasteiger partial charge is 0.492 e. The Morgan fingerprint density at radius 2 is 1.84 bits per heavy atom. The minimum absolute atomic E-state index is 0.0187. The summed E-state index contributed by atoms with van der Waals surface area (Å²) in [7, 11) is 0. The Morgan fingerprint density at radius 1 is 1.06 bits per heavy atom. The Labute approximate surface area is 288 Å². The number of imide groups is 1. The molecule has 1 fully saturated rings. The van der Waals surface area contributed by atoms with Crippen LogP contribution < -0.4 is 26.0 Å². The average molecular weight is 704 g/mol. The third-order valence-corrected chi connectivity index (χ3v) is 8.16. The average Bonchev–Trinajstić information content (AvgIpc) is 3.63. The van der Waals surface area contributed by atoms with Crippen LogP contribution in [0.2, 0.25) is 5.02 Å². The van der Waals surface area contributed by atoms with Gasteiger partial charge in [-0.15, -0.1) is 5.10 Å². The summed E-state index contributed by atoms with van der Waals surface area (Å²) < 4.78 is 7.42. The zero-order chi connectivity index (χ0) is 35.7. The third-order valence-electron chi connectivity index (χ3n) is 7.86. The van der Waals surface area contributed by atoms with Gasteiger partial charge >= 0.3 is 6.03 Å². The maximum Gasteiger partial charge on any atom is 0.325 e. The number of carbonyl (C=O) groups is 6. The molecule has 5 rings (SSSR count). The normalized spacial score (nSPS) is 21.0. The van der Waals surface area contributed by atoms with Crippen LogP contribution in [0.3, 0.4) is 0 Å². The first-order valence-corrected chi connectivity index (χ1v) is 16.4. The number of aryl methyl sites for hydroxylation is 1. The van der Waals surface area contributed by atoms with Crippen LogP contribution in [0.4, 0.5) is 4.79 Å². The number of ether oxygens (including phenoxy) is 1. The van der Waals surface area contributed by atoms with E-state index < -0.39 is 60.3 Å². The molecule has 0 spiro atoms. The van der Waals surface area contributed by atoms with Gasteiger partial charge in [-0.2, -0.15) is 0 Å². The Kier molecular flexibility index (Phi) is 12.9. The predicted molar refractivity (Wildman–Crippen MR) is 174 cm³/mol. The number of hydrogen-bond acceptors (Lipinski definition) is 10. The molecule has 7 amide bonds. The van der Waals surface area contributed by atoms with E-state index in [1.54, 1.807) is 10.9 Å². The van der Waals surface area contributed by atoms with E-state index in [0.717, 1.165) is 4.90 Å². The summed E-state index contributed by atoms with van der Waals surface area (Å²) in [6.45, 7) is 5.29. The van der Waals surface area contributed by atoms with Gasteiger partial charge in [0.05, 0.1) is 30.0 Å². The molecule has 0 radical (unpaired) electrons. The number of hydrogen-bond donors (Lipinski definition) is 5. The monoisotopic (exact) mass is 703 g/mol. The van der Waals surface area contributed by atoms with Crippen molar-refractivity contribution in [1.29, 1.82) is 0 Å². The Bertz CT molecular complexity index is 1530. The van der Waals surface area contributed by atoms with E-state index in [4.69, 9.17) is 16.3 Å². The lowest BCUT2D eigenvalue weighted by Gasteiger charge is -2.27. The Hall–Kier alpha value is -4.77. The van der Waals surface area contributed by atoms with E-state index in [1.165, 1.54) is 30.0 Å². The molecule has 1 aromatic carbocycles. The lowest BCUT2D eigenvalue weighted by atomic mass is 10.0. The van der Waals surface area contributed by atoms with E-state index in [0.29, 0.717) is 30.8 Å². The van der Waals surface area contributed by atoms with Crippen LogP contribution in [0, 0.1) is 5.92 Å². The van der Waals surface area contributed by atoms with Gasteiger partial charge < -0.3 is 36.0 Å². The highest BCUT2D eigenvalue weighted by Gasteiger charge is 2.33. The maximum atomic E-state index is 13.4. The minimum Gasteiger partial charge on any atom is -0.492 e. The summed E-state index contributed by atoms with van der Waals surface area (Å²) in [5.74, 6) is -2.71. The molecule has 3 aliphatic rings. The van der Waals surface area contributed by atoms with Gasteiger partial charge in [-0.25, -0.2) is 4.79 Å². The molecule has 266 valence electrons. The van der Waals surface area contributed by atoms with Crippen molar-refractivity contribution in [2.24, 2.45) is 5.92 Å². The molecule has 3 aliphatic heterocycles. The fourth-order valence-corrected chi connectivity index (χ4v) is 5.46. The van der Waals surface area contributed by atoms with Crippen LogP contribution in [-0.4, -0.2) is 123 Å². The summed E-state index contributed by atoms with van der Waals surface area (Å²) in [5, 5.41) is 29.2. The Balaban J connectivity index is 1.56. The lowest BCUT2D eigenvalue weighted by molar-refractivity contribution is -0.136. The second-order valence-electron chi connectivity index (χ2n) is 12.3. The van der Waals surface area contributed by atoms with Crippen molar-refractivity contribution in [1.82, 2.24) is 46.1 Å². The first-order valence-electron chi connectivity index (χ1n) is 16.1. The number of aromatic nitrogens is 3. The summed E-state index contributed by atoms with van der Waals surface area (Å²) in [6.07, 6.45) is 1.50. The first-order chi connectivity index (χ1) is 23.3. The summed E-state index contributed by atoms with van der Waals surface area (Å²) in [4.78, 5) is 79.5.